The van der Waals surface area contributed by atoms with E-state index in [0.717, 1.165) is 65.7 Å². The van der Waals surface area contributed by atoms with E-state index in [9.17, 15) is 19.8 Å². The fourth-order valence-corrected chi connectivity index (χ4v) is 7.78. The highest BCUT2D eigenvalue weighted by Gasteiger charge is 2.37. The van der Waals surface area contributed by atoms with Crippen molar-refractivity contribution in [1.82, 2.24) is 9.80 Å². The summed E-state index contributed by atoms with van der Waals surface area (Å²) in [5, 5.41) is 30.3. The number of hydrogen-bond donors (Lipinski definition) is 2. The summed E-state index contributed by atoms with van der Waals surface area (Å²) in [6, 6.07) is 30.4. The Morgan fingerprint density at radius 2 is 0.938 bits per heavy atom. The van der Waals surface area contributed by atoms with Crippen LogP contribution in [0, 0.1) is 0 Å². The Hall–Kier alpha value is -5.54. The SMILES string of the molecule is COc1ccc(CN2C(=O)c3ccc4c5ccc6c7c(ccc(c8ccc(c3c48)C2=O)c75)C(O)N(Cc2ccc(OC)cc2)C6O)cc1. The van der Waals surface area contributed by atoms with E-state index in [2.05, 4.69) is 0 Å². The molecule has 8 heteroatoms. The summed E-state index contributed by atoms with van der Waals surface area (Å²) in [5.74, 6) is 0.788. The van der Waals surface area contributed by atoms with Crippen molar-refractivity contribution in [2.24, 2.45) is 0 Å². The second-order valence-electron chi connectivity index (χ2n) is 12.5. The maximum absolute atomic E-state index is 13.9. The smallest absolute Gasteiger partial charge is 0.261 e. The van der Waals surface area contributed by atoms with Gasteiger partial charge in [-0.05, 0) is 85.2 Å². The molecule has 0 aliphatic carbocycles. The Bertz CT molecular complexity index is 2340. The molecule has 0 bridgehead atoms. The van der Waals surface area contributed by atoms with E-state index < -0.39 is 12.5 Å². The van der Waals surface area contributed by atoms with Crippen molar-refractivity contribution in [3.05, 3.63) is 130 Å². The molecule has 7 aromatic rings. The first-order valence-electron chi connectivity index (χ1n) is 15.8. The highest BCUT2D eigenvalue weighted by molar-refractivity contribution is 6.38. The number of methoxy groups -OCH3 is 2. The molecule has 2 aliphatic rings. The summed E-state index contributed by atoms with van der Waals surface area (Å²) in [6.45, 7) is 0.488. The molecule has 236 valence electrons. The average Bonchev–Trinajstić information content (AvgIpc) is 3.13. The second-order valence-corrected chi connectivity index (χ2v) is 12.5. The fourth-order valence-electron chi connectivity index (χ4n) is 7.78. The van der Waals surface area contributed by atoms with Gasteiger partial charge in [0.1, 0.15) is 24.0 Å². The lowest BCUT2D eigenvalue weighted by atomic mass is 9.82. The highest BCUT2D eigenvalue weighted by atomic mass is 16.5. The number of rotatable bonds is 6. The van der Waals surface area contributed by atoms with E-state index in [1.165, 1.54) is 4.90 Å². The third-order valence-corrected chi connectivity index (χ3v) is 10.1. The molecule has 2 heterocycles. The first-order chi connectivity index (χ1) is 23.4. The molecule has 0 fully saturated rings. The van der Waals surface area contributed by atoms with Gasteiger partial charge in [0.15, 0.2) is 0 Å². The number of benzene rings is 7. The molecule has 0 saturated carbocycles. The van der Waals surface area contributed by atoms with Gasteiger partial charge < -0.3 is 19.7 Å². The largest absolute Gasteiger partial charge is 0.497 e. The predicted octanol–water partition coefficient (Wildman–Crippen LogP) is 7.05. The van der Waals surface area contributed by atoms with E-state index in [-0.39, 0.29) is 18.4 Å². The van der Waals surface area contributed by atoms with E-state index in [4.69, 9.17) is 9.47 Å². The van der Waals surface area contributed by atoms with Crippen LogP contribution in [0.4, 0.5) is 0 Å². The average molecular weight is 635 g/mol. The first-order valence-corrected chi connectivity index (χ1v) is 15.8. The number of nitrogens with zero attached hydrogens (tertiary/aromatic N) is 2. The number of ether oxygens (including phenoxy) is 2. The van der Waals surface area contributed by atoms with E-state index in [0.29, 0.717) is 28.8 Å². The highest BCUT2D eigenvalue weighted by Crippen LogP contribution is 2.49. The number of imide groups is 1. The molecule has 0 saturated heterocycles. The van der Waals surface area contributed by atoms with Crippen LogP contribution in [0.2, 0.25) is 0 Å². The van der Waals surface area contributed by atoms with Crippen molar-refractivity contribution < 1.29 is 29.3 Å². The fraction of sp³-hybridized carbons (Fsp3) is 0.150. The van der Waals surface area contributed by atoms with Crippen LogP contribution in [0.5, 0.6) is 11.5 Å². The molecule has 0 aromatic heterocycles. The van der Waals surface area contributed by atoms with Gasteiger partial charge in [-0.15, -0.1) is 0 Å². The Labute approximate surface area is 275 Å². The summed E-state index contributed by atoms with van der Waals surface area (Å²) in [7, 11) is 3.21. The van der Waals surface area contributed by atoms with Gasteiger partial charge in [0.05, 0.1) is 20.8 Å². The van der Waals surface area contributed by atoms with Gasteiger partial charge in [0.25, 0.3) is 11.8 Å². The number of carbonyl (C=O) groups excluding carboxylic acids is 2. The quantitative estimate of drug-likeness (QED) is 0.115. The van der Waals surface area contributed by atoms with Gasteiger partial charge in [0.2, 0.25) is 0 Å². The zero-order valence-corrected chi connectivity index (χ0v) is 26.2. The van der Waals surface area contributed by atoms with Crippen molar-refractivity contribution in [1.29, 1.82) is 0 Å². The van der Waals surface area contributed by atoms with Gasteiger partial charge in [-0.2, -0.15) is 0 Å². The minimum Gasteiger partial charge on any atom is -0.497 e. The lowest BCUT2D eigenvalue weighted by molar-refractivity contribution is -0.116. The zero-order valence-electron chi connectivity index (χ0n) is 26.2. The Morgan fingerprint density at radius 3 is 1.40 bits per heavy atom. The zero-order chi connectivity index (χ0) is 32.8. The van der Waals surface area contributed by atoms with Crippen LogP contribution >= 0.6 is 0 Å². The van der Waals surface area contributed by atoms with E-state index in [1.807, 2.05) is 97.1 Å². The molecule has 48 heavy (non-hydrogen) atoms. The van der Waals surface area contributed by atoms with Crippen molar-refractivity contribution in [2.45, 2.75) is 25.5 Å². The topological polar surface area (TPSA) is 99.5 Å². The van der Waals surface area contributed by atoms with E-state index >= 15 is 0 Å². The van der Waals surface area contributed by atoms with Crippen LogP contribution in [0.15, 0.2) is 97.1 Å². The Morgan fingerprint density at radius 1 is 0.521 bits per heavy atom. The molecule has 0 spiro atoms. The van der Waals surface area contributed by atoms with Crippen molar-refractivity contribution in [3.63, 3.8) is 0 Å². The molecular formula is C40H30N2O6. The number of amides is 2. The van der Waals surface area contributed by atoms with Crippen LogP contribution in [-0.2, 0) is 13.1 Å². The first kappa shape index (κ1) is 28.7. The van der Waals surface area contributed by atoms with Crippen LogP contribution in [0.3, 0.4) is 0 Å². The predicted molar refractivity (Wildman–Crippen MR) is 183 cm³/mol. The van der Waals surface area contributed by atoms with Crippen LogP contribution in [0.25, 0.3) is 43.1 Å². The van der Waals surface area contributed by atoms with Gasteiger partial charge in [0, 0.05) is 34.2 Å². The maximum Gasteiger partial charge on any atom is 0.261 e. The Balaban J connectivity index is 1.18. The van der Waals surface area contributed by atoms with Crippen LogP contribution in [0.1, 0.15) is 55.4 Å². The monoisotopic (exact) mass is 634 g/mol. The van der Waals surface area contributed by atoms with Gasteiger partial charge in [-0.3, -0.25) is 14.5 Å². The third-order valence-electron chi connectivity index (χ3n) is 10.1. The number of hydrogen-bond acceptors (Lipinski definition) is 7. The second kappa shape index (κ2) is 10.5. The minimum absolute atomic E-state index is 0.153. The van der Waals surface area contributed by atoms with E-state index in [1.54, 1.807) is 19.1 Å². The molecule has 2 unspecified atom stereocenters. The molecule has 2 N–H and O–H groups in total. The lowest BCUT2D eigenvalue weighted by Crippen LogP contribution is -2.39. The molecule has 2 aliphatic heterocycles. The summed E-state index contributed by atoms with van der Waals surface area (Å²) in [6.07, 6.45) is -2.08. The van der Waals surface area contributed by atoms with Gasteiger partial charge in [-0.25, -0.2) is 4.90 Å². The minimum atomic E-state index is -1.04. The normalized spacial score (nSPS) is 17.7. The summed E-state index contributed by atoms with van der Waals surface area (Å²) in [5.41, 5.74) is 4.19. The number of aliphatic hydroxyl groups is 2. The Kier molecular flexibility index (Phi) is 6.26. The number of fused-ring (bicyclic) bond motifs is 2. The van der Waals surface area contributed by atoms with Crippen molar-refractivity contribution in [3.8, 4) is 11.5 Å². The third kappa shape index (κ3) is 3.94. The number of carbonyl (C=O) groups is 2. The van der Waals surface area contributed by atoms with Crippen molar-refractivity contribution >= 4 is 54.9 Å². The summed E-state index contributed by atoms with van der Waals surface area (Å²) >= 11 is 0. The van der Waals surface area contributed by atoms with Crippen molar-refractivity contribution in [2.75, 3.05) is 14.2 Å². The van der Waals surface area contributed by atoms with Crippen LogP contribution < -0.4 is 9.47 Å². The standard InChI is InChI=1S/C40H30N2O6/c1-47-23-7-3-21(4-8-23)19-41-37(43)29-15-11-25-27-13-17-31-36-32(40(46)42(39(31)45)20-22-5-9-24(48-2)10-6-22)18-14-28(34(27)36)26-12-16-30(38(41)44)35(29)33(25)26/h3-18,37-38,43-44H,19-20H2,1-2H3. The molecule has 0 radical (unpaired) electrons. The maximum atomic E-state index is 13.9. The molecule has 9 rings (SSSR count). The molecule has 8 nitrogen and oxygen atoms in total. The van der Waals surface area contributed by atoms with Gasteiger partial charge in [-0.1, -0.05) is 60.7 Å². The van der Waals surface area contributed by atoms with Gasteiger partial charge >= 0.3 is 0 Å². The molecular weight excluding hydrogens is 604 g/mol. The molecule has 2 atom stereocenters. The summed E-state index contributed by atoms with van der Waals surface area (Å²) < 4.78 is 10.5. The molecule has 2 amide bonds. The number of aliphatic hydroxyl groups excluding tert-OH is 2. The van der Waals surface area contributed by atoms with Crippen LogP contribution in [-0.4, -0.2) is 46.0 Å². The summed E-state index contributed by atoms with van der Waals surface area (Å²) in [4.78, 5) is 30.8. The molecule has 7 aromatic carbocycles. The lowest BCUT2D eigenvalue weighted by Gasteiger charge is -2.38.